The Hall–Kier alpha value is -2.41. The molecular formula is C29H46N6O. The van der Waals surface area contributed by atoms with Crippen LogP contribution in [0.25, 0.3) is 11.4 Å². The third kappa shape index (κ3) is 6.87. The van der Waals surface area contributed by atoms with E-state index >= 15 is 0 Å². The van der Waals surface area contributed by atoms with Crippen LogP contribution < -0.4 is 10.2 Å². The highest BCUT2D eigenvalue weighted by Gasteiger charge is 2.27. The molecule has 0 spiro atoms. The Kier molecular flexibility index (Phi) is 8.38. The molecule has 7 nitrogen and oxygen atoms in total. The van der Waals surface area contributed by atoms with Crippen LogP contribution in [0.1, 0.15) is 78.7 Å². The maximum Gasteiger partial charge on any atom is 0.227 e. The number of hydrogen-bond acceptors (Lipinski definition) is 5. The van der Waals surface area contributed by atoms with Crippen LogP contribution in [0.4, 0.5) is 5.95 Å². The Bertz CT molecular complexity index is 994. The van der Waals surface area contributed by atoms with E-state index in [1.165, 1.54) is 18.4 Å². The highest BCUT2D eigenvalue weighted by atomic mass is 16.1. The molecule has 0 atom stereocenters. The van der Waals surface area contributed by atoms with Crippen LogP contribution in [0.15, 0.2) is 24.3 Å². The molecule has 1 aromatic carbocycles. The Balaban J connectivity index is 1.48. The average molecular weight is 495 g/mol. The average Bonchev–Trinajstić information content (AvgIpc) is 3.55. The smallest absolute Gasteiger partial charge is 0.227 e. The summed E-state index contributed by atoms with van der Waals surface area (Å²) in [5, 5.41) is 12.5. The molecule has 0 radical (unpaired) electrons. The molecule has 1 saturated heterocycles. The summed E-state index contributed by atoms with van der Waals surface area (Å²) in [6, 6.07) is 9.73. The van der Waals surface area contributed by atoms with Crippen molar-refractivity contribution in [2.75, 3.05) is 31.6 Å². The lowest BCUT2D eigenvalue weighted by Crippen LogP contribution is -2.40. The molecule has 1 N–H and O–H groups in total. The molecule has 2 heterocycles. The molecule has 4 rings (SSSR count). The lowest BCUT2D eigenvalue weighted by atomic mass is 9.87. The van der Waals surface area contributed by atoms with Gasteiger partial charge in [-0.1, -0.05) is 45.0 Å². The second-order valence-corrected chi connectivity index (χ2v) is 12.2. The molecule has 1 aromatic heterocycles. The minimum atomic E-state index is 0.111. The van der Waals surface area contributed by atoms with Crippen molar-refractivity contribution in [1.82, 2.24) is 25.0 Å². The largest absolute Gasteiger partial charge is 0.353 e. The van der Waals surface area contributed by atoms with E-state index in [0.717, 1.165) is 68.7 Å². The molecule has 0 bridgehead atoms. The number of nitrogens with zero attached hydrogens (tertiary/aromatic N) is 5. The van der Waals surface area contributed by atoms with Crippen LogP contribution in [-0.4, -0.2) is 64.3 Å². The molecule has 2 aliphatic rings. The van der Waals surface area contributed by atoms with Gasteiger partial charge in [-0.2, -0.15) is 0 Å². The summed E-state index contributed by atoms with van der Waals surface area (Å²) in [4.78, 5) is 17.2. The van der Waals surface area contributed by atoms with Crippen LogP contribution >= 0.6 is 0 Å². The summed E-state index contributed by atoms with van der Waals surface area (Å²) in [5.41, 5.74) is 2.50. The Morgan fingerprint density at radius 1 is 1.08 bits per heavy atom. The van der Waals surface area contributed by atoms with E-state index in [-0.39, 0.29) is 11.3 Å². The Labute approximate surface area is 217 Å². The first-order valence-electron chi connectivity index (χ1n) is 13.9. The molecule has 1 saturated carbocycles. The monoisotopic (exact) mass is 494 g/mol. The first kappa shape index (κ1) is 26.6. The second kappa shape index (κ2) is 11.3. The molecule has 7 heteroatoms. The number of aromatic nitrogens is 3. The minimum absolute atomic E-state index is 0.111. The van der Waals surface area contributed by atoms with E-state index in [1.54, 1.807) is 0 Å². The van der Waals surface area contributed by atoms with Crippen molar-refractivity contribution >= 4 is 11.9 Å². The molecule has 198 valence electrons. The number of piperidine rings is 1. The van der Waals surface area contributed by atoms with Gasteiger partial charge < -0.3 is 15.1 Å². The van der Waals surface area contributed by atoms with Crippen molar-refractivity contribution in [3.05, 3.63) is 29.8 Å². The minimum Gasteiger partial charge on any atom is -0.353 e. The normalized spacial score (nSPS) is 17.3. The number of nitrogens with one attached hydrogen (secondary N) is 1. The summed E-state index contributed by atoms with van der Waals surface area (Å²) in [5.74, 6) is 2.73. The fourth-order valence-electron chi connectivity index (χ4n) is 4.93. The standard InChI is InChI=1S/C29H46N6O/c1-21(2)33(6)20-22-15-18-34(19-16-22)28-32-31-27(23-9-11-24(12-10-23)29(3,4)5)35(28)17-7-8-26(36)30-25-13-14-25/h9-12,21-22,25H,7-8,13-20H2,1-6H3,(H,30,36). The van der Waals surface area contributed by atoms with Crippen molar-refractivity contribution in [3.63, 3.8) is 0 Å². The van der Waals surface area contributed by atoms with Gasteiger partial charge >= 0.3 is 0 Å². The van der Waals surface area contributed by atoms with Gasteiger partial charge in [-0.3, -0.25) is 9.36 Å². The summed E-state index contributed by atoms with van der Waals surface area (Å²) in [6.07, 6.45) is 5.91. The van der Waals surface area contributed by atoms with Gasteiger partial charge in [0.25, 0.3) is 0 Å². The number of benzene rings is 1. The van der Waals surface area contributed by atoms with E-state index in [4.69, 9.17) is 0 Å². The van der Waals surface area contributed by atoms with Gasteiger partial charge in [0.15, 0.2) is 5.82 Å². The Morgan fingerprint density at radius 3 is 2.33 bits per heavy atom. The number of amides is 1. The fraction of sp³-hybridized carbons (Fsp3) is 0.690. The van der Waals surface area contributed by atoms with Gasteiger partial charge in [-0.05, 0) is 69.9 Å². The fourth-order valence-corrected chi connectivity index (χ4v) is 4.93. The molecule has 1 aliphatic heterocycles. The molecular weight excluding hydrogens is 448 g/mol. The van der Waals surface area contributed by atoms with Crippen LogP contribution in [-0.2, 0) is 16.8 Å². The predicted octanol–water partition coefficient (Wildman–Crippen LogP) is 4.86. The van der Waals surface area contributed by atoms with Gasteiger partial charge in [0.05, 0.1) is 0 Å². The summed E-state index contributed by atoms with van der Waals surface area (Å²) < 4.78 is 2.25. The second-order valence-electron chi connectivity index (χ2n) is 12.2. The summed E-state index contributed by atoms with van der Waals surface area (Å²) in [7, 11) is 2.23. The third-order valence-electron chi connectivity index (χ3n) is 7.79. The van der Waals surface area contributed by atoms with Crippen LogP contribution in [0, 0.1) is 5.92 Å². The van der Waals surface area contributed by atoms with Crippen LogP contribution in [0.5, 0.6) is 0 Å². The lowest BCUT2D eigenvalue weighted by molar-refractivity contribution is -0.121. The number of carbonyl (C=O) groups excluding carboxylic acids is 1. The number of hydrogen-bond donors (Lipinski definition) is 1. The first-order valence-corrected chi connectivity index (χ1v) is 13.9. The molecule has 1 amide bonds. The van der Waals surface area contributed by atoms with Crippen molar-refractivity contribution in [3.8, 4) is 11.4 Å². The number of rotatable bonds is 10. The number of carbonyl (C=O) groups is 1. The molecule has 0 unspecified atom stereocenters. The van der Waals surface area contributed by atoms with Crippen LogP contribution in [0.3, 0.4) is 0 Å². The predicted molar refractivity (Wildman–Crippen MR) is 147 cm³/mol. The lowest BCUT2D eigenvalue weighted by Gasteiger charge is -2.35. The molecule has 2 fully saturated rings. The van der Waals surface area contributed by atoms with Gasteiger partial charge in [-0.15, -0.1) is 10.2 Å². The van der Waals surface area contributed by atoms with Crippen molar-refractivity contribution < 1.29 is 4.79 Å². The first-order chi connectivity index (χ1) is 17.1. The highest BCUT2D eigenvalue weighted by molar-refractivity contribution is 5.76. The van der Waals surface area contributed by atoms with E-state index in [1.807, 2.05) is 0 Å². The van der Waals surface area contributed by atoms with Gasteiger partial charge in [0, 0.05) is 50.2 Å². The van der Waals surface area contributed by atoms with Crippen molar-refractivity contribution in [1.29, 1.82) is 0 Å². The van der Waals surface area contributed by atoms with Gasteiger partial charge in [0.1, 0.15) is 0 Å². The zero-order chi connectivity index (χ0) is 25.9. The van der Waals surface area contributed by atoms with Crippen molar-refractivity contribution in [2.45, 2.75) is 97.2 Å². The highest BCUT2D eigenvalue weighted by Crippen LogP contribution is 2.30. The number of anilines is 1. The topological polar surface area (TPSA) is 66.3 Å². The molecule has 1 aliphatic carbocycles. The molecule has 36 heavy (non-hydrogen) atoms. The summed E-state index contributed by atoms with van der Waals surface area (Å²) in [6.45, 7) is 15.1. The van der Waals surface area contributed by atoms with E-state index in [2.05, 4.69) is 95.8 Å². The Morgan fingerprint density at radius 2 is 1.75 bits per heavy atom. The van der Waals surface area contributed by atoms with E-state index in [0.29, 0.717) is 18.5 Å². The SMILES string of the molecule is CC(C)N(C)CC1CCN(c2nnc(-c3ccc(C(C)(C)C)cc3)n2CCCC(=O)NC2CC2)CC1. The quantitative estimate of drug-likeness (QED) is 0.511. The summed E-state index contributed by atoms with van der Waals surface area (Å²) >= 11 is 0. The zero-order valence-corrected chi connectivity index (χ0v) is 23.3. The van der Waals surface area contributed by atoms with Crippen LogP contribution in [0.2, 0.25) is 0 Å². The van der Waals surface area contributed by atoms with Gasteiger partial charge in [-0.25, -0.2) is 0 Å². The molecule has 2 aromatic rings. The maximum atomic E-state index is 12.3. The van der Waals surface area contributed by atoms with E-state index < -0.39 is 0 Å². The maximum absolute atomic E-state index is 12.3. The third-order valence-corrected chi connectivity index (χ3v) is 7.79. The zero-order valence-electron chi connectivity index (χ0n) is 23.3. The van der Waals surface area contributed by atoms with Crippen molar-refractivity contribution in [2.24, 2.45) is 5.92 Å². The van der Waals surface area contributed by atoms with E-state index in [9.17, 15) is 4.79 Å². The van der Waals surface area contributed by atoms with Gasteiger partial charge in [0.2, 0.25) is 11.9 Å².